The Balaban J connectivity index is 2.89. The van der Waals surface area contributed by atoms with Crippen LogP contribution >= 0.6 is 0 Å². The van der Waals surface area contributed by atoms with Gasteiger partial charge in [-0.3, -0.25) is 4.79 Å². The lowest BCUT2D eigenvalue weighted by Gasteiger charge is -2.19. The standard InChI is InChI=1S/C11H11F3N2O3/c1-6-4-2-3-5-7(6)15-9(17)8(11(12,13)14)16-10(18)19/h2-5,8,16H,1H3,(H,15,17)(H,18,19). The van der Waals surface area contributed by atoms with Gasteiger partial charge in [0.2, 0.25) is 6.04 Å². The maximum atomic E-state index is 12.5. The summed E-state index contributed by atoms with van der Waals surface area (Å²) in [6.45, 7) is 1.60. The van der Waals surface area contributed by atoms with Gasteiger partial charge >= 0.3 is 12.3 Å². The Morgan fingerprint density at radius 2 is 1.84 bits per heavy atom. The summed E-state index contributed by atoms with van der Waals surface area (Å²) in [5.74, 6) is -1.48. The molecule has 8 heteroatoms. The van der Waals surface area contributed by atoms with Crippen molar-refractivity contribution in [2.45, 2.75) is 19.1 Å². The molecule has 0 aliphatic heterocycles. The second-order valence-electron chi connectivity index (χ2n) is 3.73. The molecule has 1 unspecified atom stereocenters. The van der Waals surface area contributed by atoms with Crippen molar-refractivity contribution in [3.05, 3.63) is 29.8 Å². The number of aryl methyl sites for hydroxylation is 1. The van der Waals surface area contributed by atoms with Crippen molar-refractivity contribution < 1.29 is 27.9 Å². The molecular formula is C11H11F3N2O3. The first-order chi connectivity index (χ1) is 8.71. The van der Waals surface area contributed by atoms with Crippen LogP contribution in [0, 0.1) is 6.92 Å². The zero-order valence-corrected chi connectivity index (χ0v) is 9.78. The van der Waals surface area contributed by atoms with Gasteiger partial charge in [-0.25, -0.2) is 4.79 Å². The van der Waals surface area contributed by atoms with Crippen molar-refractivity contribution in [2.75, 3.05) is 5.32 Å². The molecule has 1 aromatic carbocycles. The lowest BCUT2D eigenvalue weighted by molar-refractivity contribution is -0.164. The number of alkyl halides is 3. The number of carboxylic acid groups (broad SMARTS) is 1. The van der Waals surface area contributed by atoms with E-state index < -0.39 is 24.2 Å². The Kier molecular flexibility index (Phi) is 4.36. The summed E-state index contributed by atoms with van der Waals surface area (Å²) in [6.07, 6.45) is -6.94. The zero-order chi connectivity index (χ0) is 14.6. The molecule has 0 heterocycles. The molecule has 0 saturated carbocycles. The highest BCUT2D eigenvalue weighted by molar-refractivity contribution is 5.97. The molecule has 104 valence electrons. The van der Waals surface area contributed by atoms with Crippen LogP contribution in [0.25, 0.3) is 0 Å². The molecule has 0 aliphatic rings. The third-order valence-corrected chi connectivity index (χ3v) is 2.26. The number of anilines is 1. The molecule has 0 saturated heterocycles. The molecule has 19 heavy (non-hydrogen) atoms. The number of amides is 2. The Morgan fingerprint density at radius 3 is 2.32 bits per heavy atom. The van der Waals surface area contributed by atoms with Crippen LogP contribution in [0.5, 0.6) is 0 Å². The lowest BCUT2D eigenvalue weighted by atomic mass is 10.2. The van der Waals surface area contributed by atoms with E-state index in [1.807, 2.05) is 5.32 Å². The molecule has 0 fully saturated rings. The number of halogens is 3. The Bertz CT molecular complexity index is 488. The number of hydrogen-bond acceptors (Lipinski definition) is 2. The minimum atomic E-state index is -5.01. The zero-order valence-electron chi connectivity index (χ0n) is 9.78. The molecule has 5 nitrogen and oxygen atoms in total. The fraction of sp³-hybridized carbons (Fsp3) is 0.273. The van der Waals surface area contributed by atoms with Crippen LogP contribution in [0.2, 0.25) is 0 Å². The van der Waals surface area contributed by atoms with Gasteiger partial charge in [-0.05, 0) is 18.6 Å². The molecule has 3 N–H and O–H groups in total. The molecule has 0 spiro atoms. The Morgan fingerprint density at radius 1 is 1.26 bits per heavy atom. The quantitative estimate of drug-likeness (QED) is 0.791. The van der Waals surface area contributed by atoms with E-state index in [2.05, 4.69) is 0 Å². The van der Waals surface area contributed by atoms with Crippen LogP contribution < -0.4 is 10.6 Å². The van der Waals surface area contributed by atoms with Gasteiger partial charge < -0.3 is 15.7 Å². The van der Waals surface area contributed by atoms with E-state index in [0.717, 1.165) is 5.32 Å². The van der Waals surface area contributed by atoms with Crippen molar-refractivity contribution in [2.24, 2.45) is 0 Å². The van der Waals surface area contributed by atoms with E-state index in [4.69, 9.17) is 5.11 Å². The first-order valence-corrected chi connectivity index (χ1v) is 5.14. The second kappa shape index (κ2) is 5.59. The summed E-state index contributed by atoms with van der Waals surface area (Å²) >= 11 is 0. The van der Waals surface area contributed by atoms with Crippen LogP contribution in [0.15, 0.2) is 24.3 Å². The number of carbonyl (C=O) groups excluding carboxylic acids is 1. The monoisotopic (exact) mass is 276 g/mol. The van der Waals surface area contributed by atoms with Crippen molar-refractivity contribution in [3.63, 3.8) is 0 Å². The summed E-state index contributed by atoms with van der Waals surface area (Å²) in [6, 6.07) is 3.39. The maximum absolute atomic E-state index is 12.5. The van der Waals surface area contributed by atoms with Gasteiger partial charge in [-0.2, -0.15) is 13.2 Å². The Hall–Kier alpha value is -2.25. The van der Waals surface area contributed by atoms with Crippen molar-refractivity contribution in [1.29, 1.82) is 0 Å². The van der Waals surface area contributed by atoms with E-state index in [0.29, 0.717) is 5.56 Å². The van der Waals surface area contributed by atoms with Crippen LogP contribution in [0.1, 0.15) is 5.56 Å². The average molecular weight is 276 g/mol. The second-order valence-corrected chi connectivity index (χ2v) is 3.73. The molecule has 1 aromatic rings. The minimum Gasteiger partial charge on any atom is -0.465 e. The van der Waals surface area contributed by atoms with Crippen molar-refractivity contribution in [3.8, 4) is 0 Å². The highest BCUT2D eigenvalue weighted by Gasteiger charge is 2.46. The minimum absolute atomic E-state index is 0.189. The van der Waals surface area contributed by atoms with Gasteiger partial charge in [-0.15, -0.1) is 0 Å². The maximum Gasteiger partial charge on any atom is 0.417 e. The SMILES string of the molecule is Cc1ccccc1NC(=O)C(NC(=O)O)C(F)(F)F. The number of benzene rings is 1. The number of carbonyl (C=O) groups is 2. The third-order valence-electron chi connectivity index (χ3n) is 2.26. The molecule has 0 bridgehead atoms. The number of rotatable bonds is 3. The lowest BCUT2D eigenvalue weighted by Crippen LogP contribution is -2.52. The molecule has 1 rings (SSSR count). The molecule has 0 aliphatic carbocycles. The molecule has 0 aromatic heterocycles. The van der Waals surface area contributed by atoms with E-state index in [9.17, 15) is 22.8 Å². The first-order valence-electron chi connectivity index (χ1n) is 5.14. The third kappa shape index (κ3) is 4.16. The van der Waals surface area contributed by atoms with Crippen molar-refractivity contribution in [1.82, 2.24) is 5.32 Å². The van der Waals surface area contributed by atoms with Gasteiger partial charge in [-0.1, -0.05) is 18.2 Å². The Labute approximate surface area is 106 Å². The van der Waals surface area contributed by atoms with Gasteiger partial charge in [0.25, 0.3) is 5.91 Å². The van der Waals surface area contributed by atoms with E-state index in [1.54, 1.807) is 19.1 Å². The fourth-order valence-electron chi connectivity index (χ4n) is 1.34. The summed E-state index contributed by atoms with van der Waals surface area (Å²) < 4.78 is 37.6. The smallest absolute Gasteiger partial charge is 0.417 e. The predicted octanol–water partition coefficient (Wildman–Crippen LogP) is 2.13. The van der Waals surface area contributed by atoms with Gasteiger partial charge in [0.1, 0.15) is 0 Å². The average Bonchev–Trinajstić information content (AvgIpc) is 2.27. The fourth-order valence-corrected chi connectivity index (χ4v) is 1.34. The summed E-state index contributed by atoms with van der Waals surface area (Å²) in [7, 11) is 0. The van der Waals surface area contributed by atoms with E-state index in [1.165, 1.54) is 12.1 Å². The summed E-state index contributed by atoms with van der Waals surface area (Å²) in [5.41, 5.74) is 0.751. The van der Waals surface area contributed by atoms with Crippen molar-refractivity contribution >= 4 is 17.7 Å². The number of para-hydroxylation sites is 1. The molecular weight excluding hydrogens is 265 g/mol. The van der Waals surface area contributed by atoms with Crippen LogP contribution in [-0.2, 0) is 4.79 Å². The van der Waals surface area contributed by atoms with E-state index >= 15 is 0 Å². The molecule has 1 atom stereocenters. The van der Waals surface area contributed by atoms with E-state index in [-0.39, 0.29) is 5.69 Å². The normalized spacial score (nSPS) is 12.6. The van der Waals surface area contributed by atoms with Crippen LogP contribution in [0.3, 0.4) is 0 Å². The van der Waals surface area contributed by atoms with Gasteiger partial charge in [0.15, 0.2) is 0 Å². The van der Waals surface area contributed by atoms with Gasteiger partial charge in [0, 0.05) is 5.69 Å². The molecule has 2 amide bonds. The van der Waals surface area contributed by atoms with Gasteiger partial charge in [0.05, 0.1) is 0 Å². The first kappa shape index (κ1) is 14.8. The highest BCUT2D eigenvalue weighted by Crippen LogP contribution is 2.22. The van der Waals surface area contributed by atoms with Crippen LogP contribution in [0.4, 0.5) is 23.7 Å². The summed E-state index contributed by atoms with van der Waals surface area (Å²) in [4.78, 5) is 21.8. The largest absolute Gasteiger partial charge is 0.465 e. The topological polar surface area (TPSA) is 78.4 Å². The molecule has 0 radical (unpaired) electrons. The summed E-state index contributed by atoms with van der Waals surface area (Å²) in [5, 5.41) is 11.5. The predicted molar refractivity (Wildman–Crippen MR) is 60.8 cm³/mol. The van der Waals surface area contributed by atoms with Crippen LogP contribution in [-0.4, -0.2) is 29.3 Å². The number of nitrogens with one attached hydrogen (secondary N) is 2. The number of hydrogen-bond donors (Lipinski definition) is 3. The highest BCUT2D eigenvalue weighted by atomic mass is 19.4.